The van der Waals surface area contributed by atoms with Gasteiger partial charge in [-0.3, -0.25) is 14.4 Å². The molecule has 80 heavy (non-hydrogen) atoms. The first-order valence-corrected chi connectivity index (χ1v) is 34.9. The maximum absolute atomic E-state index is 12.9. The van der Waals surface area contributed by atoms with Gasteiger partial charge in [0.05, 0.1) is 0 Å². The molecule has 6 heteroatoms. The van der Waals surface area contributed by atoms with E-state index in [1.54, 1.807) is 0 Å². The fraction of sp³-hybridized carbons (Fsp3) is 0.797. The molecule has 0 rings (SSSR count). The zero-order valence-corrected chi connectivity index (χ0v) is 53.3. The second kappa shape index (κ2) is 68.3. The van der Waals surface area contributed by atoms with Gasteiger partial charge in [-0.2, -0.15) is 0 Å². The molecular formula is C74H132O6. The monoisotopic (exact) mass is 1120 g/mol. The molecule has 0 radical (unpaired) electrons. The molecule has 0 amide bonds. The quantitative estimate of drug-likeness (QED) is 0.0261. The van der Waals surface area contributed by atoms with Crippen molar-refractivity contribution in [2.45, 2.75) is 367 Å². The highest BCUT2D eigenvalue weighted by Crippen LogP contribution is 2.18. The van der Waals surface area contributed by atoms with E-state index in [0.717, 1.165) is 96.3 Å². The predicted octanol–water partition coefficient (Wildman–Crippen LogP) is 24.1. The molecular weight excluding hydrogens is 985 g/mol. The summed E-state index contributed by atoms with van der Waals surface area (Å²) in [5, 5.41) is 0. The third kappa shape index (κ3) is 65.7. The lowest BCUT2D eigenvalue weighted by molar-refractivity contribution is -0.167. The molecule has 0 aliphatic rings. The van der Waals surface area contributed by atoms with Crippen LogP contribution in [0.1, 0.15) is 361 Å². The summed E-state index contributed by atoms with van der Waals surface area (Å²) in [4.78, 5) is 38.4. The van der Waals surface area contributed by atoms with Crippen LogP contribution in [0.25, 0.3) is 0 Å². The van der Waals surface area contributed by atoms with E-state index in [9.17, 15) is 14.4 Å². The van der Waals surface area contributed by atoms with E-state index in [-0.39, 0.29) is 31.1 Å². The van der Waals surface area contributed by atoms with E-state index in [0.29, 0.717) is 19.3 Å². The van der Waals surface area contributed by atoms with Crippen LogP contribution in [0.3, 0.4) is 0 Å². The molecule has 0 saturated heterocycles. The summed E-state index contributed by atoms with van der Waals surface area (Å²) in [6.07, 6.45) is 89.3. The highest BCUT2D eigenvalue weighted by Gasteiger charge is 2.19. The zero-order chi connectivity index (χ0) is 57.8. The van der Waals surface area contributed by atoms with Gasteiger partial charge >= 0.3 is 17.9 Å². The van der Waals surface area contributed by atoms with Crippen LogP contribution in [0.15, 0.2) is 72.9 Å². The van der Waals surface area contributed by atoms with Crippen molar-refractivity contribution in [3.8, 4) is 0 Å². The number of allylic oxidation sites excluding steroid dienone is 12. The molecule has 0 bridgehead atoms. The average Bonchev–Trinajstić information content (AvgIpc) is 3.46. The lowest BCUT2D eigenvalue weighted by Crippen LogP contribution is -2.30. The third-order valence-electron chi connectivity index (χ3n) is 15.4. The fourth-order valence-corrected chi connectivity index (χ4v) is 10.2. The van der Waals surface area contributed by atoms with Gasteiger partial charge < -0.3 is 14.2 Å². The van der Waals surface area contributed by atoms with Gasteiger partial charge in [0.25, 0.3) is 0 Å². The number of carbonyl (C=O) groups is 3. The van der Waals surface area contributed by atoms with Crippen LogP contribution in [0.5, 0.6) is 0 Å². The Kier molecular flexibility index (Phi) is 65.7. The fourth-order valence-electron chi connectivity index (χ4n) is 10.2. The summed E-state index contributed by atoms with van der Waals surface area (Å²) in [5.41, 5.74) is 0. The summed E-state index contributed by atoms with van der Waals surface area (Å²) in [6, 6.07) is 0. The lowest BCUT2D eigenvalue weighted by Gasteiger charge is -2.18. The first-order valence-electron chi connectivity index (χ1n) is 34.9. The van der Waals surface area contributed by atoms with E-state index in [2.05, 4.69) is 93.7 Å². The second-order valence-electron chi connectivity index (χ2n) is 23.4. The zero-order valence-electron chi connectivity index (χ0n) is 53.3. The molecule has 0 aromatic carbocycles. The first kappa shape index (κ1) is 76.9. The SMILES string of the molecule is CC/C=C\C/C=C\C/C=C\C/C=C\C/C=C\CCCCCC(=O)OC(COC(=O)CCCCCCCCC/C=C\CCCCCCCC)COC(=O)CCCCCCCCCCCCCCCCCCCCCCCCCCCC. The van der Waals surface area contributed by atoms with Crippen molar-refractivity contribution < 1.29 is 28.6 Å². The van der Waals surface area contributed by atoms with Crippen molar-refractivity contribution in [3.05, 3.63) is 72.9 Å². The van der Waals surface area contributed by atoms with Gasteiger partial charge in [-0.05, 0) is 89.9 Å². The molecule has 0 heterocycles. The first-order chi connectivity index (χ1) is 39.5. The number of ether oxygens (including phenoxy) is 3. The van der Waals surface area contributed by atoms with Crippen molar-refractivity contribution in [3.63, 3.8) is 0 Å². The highest BCUT2D eigenvalue weighted by molar-refractivity contribution is 5.71. The Labute approximate surface area is 497 Å². The molecule has 0 N–H and O–H groups in total. The van der Waals surface area contributed by atoms with Crippen LogP contribution in [-0.2, 0) is 28.6 Å². The van der Waals surface area contributed by atoms with Crippen LogP contribution < -0.4 is 0 Å². The molecule has 0 aromatic heterocycles. The molecule has 1 unspecified atom stereocenters. The molecule has 464 valence electrons. The number of unbranched alkanes of at least 4 members (excludes halogenated alkanes) is 41. The molecule has 0 saturated carbocycles. The van der Waals surface area contributed by atoms with Gasteiger partial charge in [0.15, 0.2) is 6.10 Å². The van der Waals surface area contributed by atoms with Crippen molar-refractivity contribution in [1.82, 2.24) is 0 Å². The minimum Gasteiger partial charge on any atom is -0.462 e. The molecule has 0 aliphatic carbocycles. The van der Waals surface area contributed by atoms with Gasteiger partial charge in [-0.25, -0.2) is 0 Å². The summed E-state index contributed by atoms with van der Waals surface area (Å²) < 4.78 is 17.0. The second-order valence-corrected chi connectivity index (χ2v) is 23.4. The maximum atomic E-state index is 12.9. The number of rotatable bonds is 64. The van der Waals surface area contributed by atoms with Crippen molar-refractivity contribution in [1.29, 1.82) is 0 Å². The standard InChI is InChI=1S/C74H132O6/c1-4-7-10-13-16-19-22-25-28-31-33-34-35-36-37-38-39-41-43-46-49-52-55-58-61-64-67-73(76)79-70-71(69-78-72(75)66-63-60-57-54-51-48-45-42-30-27-24-21-18-15-12-9-6-3)80-74(77)68-65-62-59-56-53-50-47-44-40-32-29-26-23-20-17-14-11-8-5-2/h8,11,17,20,26-27,29-30,40,44,50,53,71H,4-7,9-10,12-16,18-19,21-25,28,31-39,41-43,45-49,51-52,54-70H2,1-3H3/b11-8-,20-17-,29-26-,30-27-,44-40-,53-50-. The Bertz CT molecular complexity index is 1470. The number of carbonyl (C=O) groups excluding carboxylic acids is 3. The van der Waals surface area contributed by atoms with Crippen molar-refractivity contribution in [2.75, 3.05) is 13.2 Å². The van der Waals surface area contributed by atoms with E-state index in [4.69, 9.17) is 14.2 Å². The minimum absolute atomic E-state index is 0.0870. The Morgan fingerprint density at radius 3 is 0.787 bits per heavy atom. The smallest absolute Gasteiger partial charge is 0.306 e. The summed E-state index contributed by atoms with van der Waals surface area (Å²) in [5.74, 6) is -0.904. The Balaban J connectivity index is 4.33. The maximum Gasteiger partial charge on any atom is 0.306 e. The van der Waals surface area contributed by atoms with Gasteiger partial charge in [-0.15, -0.1) is 0 Å². The Morgan fingerprint density at radius 1 is 0.263 bits per heavy atom. The lowest BCUT2D eigenvalue weighted by atomic mass is 10.0. The molecule has 0 aromatic rings. The van der Waals surface area contributed by atoms with E-state index in [1.165, 1.54) is 225 Å². The normalized spacial score (nSPS) is 12.5. The highest BCUT2D eigenvalue weighted by atomic mass is 16.6. The summed E-state index contributed by atoms with van der Waals surface area (Å²) >= 11 is 0. The minimum atomic E-state index is -0.795. The van der Waals surface area contributed by atoms with Gasteiger partial charge in [0.1, 0.15) is 13.2 Å². The Hall–Kier alpha value is -3.15. The molecule has 0 aliphatic heterocycles. The van der Waals surface area contributed by atoms with Gasteiger partial charge in [-0.1, -0.05) is 325 Å². The predicted molar refractivity (Wildman–Crippen MR) is 348 cm³/mol. The molecule has 6 nitrogen and oxygen atoms in total. The van der Waals surface area contributed by atoms with Crippen molar-refractivity contribution >= 4 is 17.9 Å². The van der Waals surface area contributed by atoms with Crippen LogP contribution in [0, 0.1) is 0 Å². The third-order valence-corrected chi connectivity index (χ3v) is 15.4. The Morgan fingerprint density at radius 2 is 0.487 bits per heavy atom. The van der Waals surface area contributed by atoms with Gasteiger partial charge in [0, 0.05) is 19.3 Å². The molecule has 0 spiro atoms. The van der Waals surface area contributed by atoms with Crippen LogP contribution >= 0.6 is 0 Å². The average molecular weight is 1120 g/mol. The van der Waals surface area contributed by atoms with E-state index < -0.39 is 6.10 Å². The summed E-state index contributed by atoms with van der Waals surface area (Å²) in [7, 11) is 0. The van der Waals surface area contributed by atoms with Crippen LogP contribution in [0.4, 0.5) is 0 Å². The molecule has 0 fully saturated rings. The number of hydrogen-bond acceptors (Lipinski definition) is 6. The van der Waals surface area contributed by atoms with Gasteiger partial charge in [0.2, 0.25) is 0 Å². The van der Waals surface area contributed by atoms with Crippen LogP contribution in [-0.4, -0.2) is 37.2 Å². The largest absolute Gasteiger partial charge is 0.462 e. The summed E-state index contributed by atoms with van der Waals surface area (Å²) in [6.45, 7) is 6.55. The molecule has 1 atom stereocenters. The van der Waals surface area contributed by atoms with Crippen molar-refractivity contribution in [2.24, 2.45) is 0 Å². The van der Waals surface area contributed by atoms with E-state index >= 15 is 0 Å². The number of esters is 3. The number of hydrogen-bond donors (Lipinski definition) is 0. The van der Waals surface area contributed by atoms with E-state index in [1.807, 2.05) is 0 Å². The van der Waals surface area contributed by atoms with Crippen LogP contribution in [0.2, 0.25) is 0 Å². The topological polar surface area (TPSA) is 78.9 Å².